The van der Waals surface area contributed by atoms with Crippen LogP contribution in [0.3, 0.4) is 0 Å². The first kappa shape index (κ1) is 13.4. The minimum Gasteiger partial charge on any atom is -0.308 e. The molecule has 0 radical (unpaired) electrons. The molecule has 1 saturated heterocycles. The lowest BCUT2D eigenvalue weighted by molar-refractivity contribution is -0.116. The van der Waals surface area contributed by atoms with Gasteiger partial charge in [-0.15, -0.1) is 0 Å². The molecule has 2 aromatic rings. The molecule has 2 aromatic carbocycles. The van der Waals surface area contributed by atoms with E-state index in [-0.39, 0.29) is 24.5 Å². The third-order valence-corrected chi connectivity index (χ3v) is 3.76. The number of benzene rings is 2. The molecule has 3 amide bonds. The highest BCUT2D eigenvalue weighted by molar-refractivity contribution is 6.19. The first-order valence-electron chi connectivity index (χ1n) is 6.92. The molecule has 3 rings (SSSR count). The van der Waals surface area contributed by atoms with Gasteiger partial charge in [-0.05, 0) is 24.6 Å². The molecule has 4 nitrogen and oxygen atoms in total. The quantitative estimate of drug-likeness (QED) is 0.810. The van der Waals surface area contributed by atoms with E-state index in [2.05, 4.69) is 0 Å². The number of para-hydroxylation sites is 1. The normalized spacial score (nSPS) is 16.4. The Labute approximate surface area is 123 Å². The van der Waals surface area contributed by atoms with Gasteiger partial charge in [-0.3, -0.25) is 4.79 Å². The third kappa shape index (κ3) is 2.40. The van der Waals surface area contributed by atoms with Crippen LogP contribution in [0.15, 0.2) is 60.7 Å². The first-order valence-corrected chi connectivity index (χ1v) is 6.92. The molecule has 0 N–H and O–H groups in total. The summed E-state index contributed by atoms with van der Waals surface area (Å²) in [7, 11) is 0. The van der Waals surface area contributed by atoms with E-state index in [9.17, 15) is 9.59 Å². The van der Waals surface area contributed by atoms with Crippen LogP contribution in [0.2, 0.25) is 0 Å². The van der Waals surface area contributed by atoms with Crippen molar-refractivity contribution in [3.8, 4) is 0 Å². The highest BCUT2D eigenvalue weighted by atomic mass is 16.2. The van der Waals surface area contributed by atoms with Crippen molar-refractivity contribution in [3.05, 3.63) is 66.2 Å². The molecule has 1 fully saturated rings. The standard InChI is InChI=1S/C17H16N2O2/c1-13(14-8-4-2-5-9-14)18-12-16(20)19(17(18)21)15-10-6-3-7-11-15/h2-11,13H,12H2,1H3. The Bertz CT molecular complexity index is 655. The van der Waals surface area contributed by atoms with Crippen molar-refractivity contribution in [1.82, 2.24) is 4.90 Å². The number of rotatable bonds is 3. The molecule has 0 bridgehead atoms. The number of amides is 3. The van der Waals surface area contributed by atoms with E-state index >= 15 is 0 Å². The molecule has 0 saturated carbocycles. The summed E-state index contributed by atoms with van der Waals surface area (Å²) < 4.78 is 0. The maximum Gasteiger partial charge on any atom is 0.332 e. The lowest BCUT2D eigenvalue weighted by Gasteiger charge is -2.24. The van der Waals surface area contributed by atoms with Crippen LogP contribution in [0.5, 0.6) is 0 Å². The summed E-state index contributed by atoms with van der Waals surface area (Å²) in [5, 5.41) is 0. The zero-order chi connectivity index (χ0) is 14.8. The van der Waals surface area contributed by atoms with Crippen LogP contribution < -0.4 is 4.90 Å². The second-order valence-corrected chi connectivity index (χ2v) is 5.06. The maximum absolute atomic E-state index is 12.6. The van der Waals surface area contributed by atoms with E-state index in [1.807, 2.05) is 55.5 Å². The molecular weight excluding hydrogens is 264 g/mol. The van der Waals surface area contributed by atoms with Crippen molar-refractivity contribution < 1.29 is 9.59 Å². The van der Waals surface area contributed by atoms with Gasteiger partial charge in [-0.1, -0.05) is 48.5 Å². The number of nitrogens with zero attached hydrogens (tertiary/aromatic N) is 2. The van der Waals surface area contributed by atoms with Gasteiger partial charge >= 0.3 is 6.03 Å². The fraction of sp³-hybridized carbons (Fsp3) is 0.176. The molecule has 1 unspecified atom stereocenters. The largest absolute Gasteiger partial charge is 0.332 e. The Morgan fingerprint density at radius 2 is 1.48 bits per heavy atom. The summed E-state index contributed by atoms with van der Waals surface area (Å²) in [6, 6.07) is 18.4. The average Bonchev–Trinajstić information content (AvgIpc) is 2.83. The zero-order valence-electron chi connectivity index (χ0n) is 11.8. The van der Waals surface area contributed by atoms with E-state index in [1.54, 1.807) is 17.0 Å². The van der Waals surface area contributed by atoms with Gasteiger partial charge in [0.15, 0.2) is 0 Å². The molecule has 1 aliphatic rings. The van der Waals surface area contributed by atoms with E-state index < -0.39 is 0 Å². The summed E-state index contributed by atoms with van der Waals surface area (Å²) in [4.78, 5) is 27.6. The Hall–Kier alpha value is -2.62. The first-order chi connectivity index (χ1) is 10.2. The number of carbonyl (C=O) groups is 2. The van der Waals surface area contributed by atoms with Gasteiger partial charge in [0, 0.05) is 0 Å². The van der Waals surface area contributed by atoms with Crippen LogP contribution in [-0.4, -0.2) is 23.4 Å². The SMILES string of the molecule is CC(c1ccccc1)N1CC(=O)N(c2ccccc2)C1=O. The van der Waals surface area contributed by atoms with Gasteiger partial charge in [0.05, 0.1) is 11.7 Å². The highest BCUT2D eigenvalue weighted by Crippen LogP contribution is 2.28. The number of imide groups is 1. The van der Waals surface area contributed by atoms with Crippen molar-refractivity contribution in [1.29, 1.82) is 0 Å². The van der Waals surface area contributed by atoms with Crippen LogP contribution in [0.4, 0.5) is 10.5 Å². The molecule has 21 heavy (non-hydrogen) atoms. The summed E-state index contributed by atoms with van der Waals surface area (Å²) in [5.41, 5.74) is 1.64. The van der Waals surface area contributed by atoms with E-state index in [0.29, 0.717) is 5.69 Å². The lowest BCUT2D eigenvalue weighted by Crippen LogP contribution is -2.34. The summed E-state index contributed by atoms with van der Waals surface area (Å²) in [5.74, 6) is -0.186. The van der Waals surface area contributed by atoms with Crippen molar-refractivity contribution in [2.45, 2.75) is 13.0 Å². The van der Waals surface area contributed by atoms with Gasteiger partial charge < -0.3 is 4.90 Å². The summed E-state index contributed by atoms with van der Waals surface area (Å²) in [6.07, 6.45) is 0. The molecular formula is C17H16N2O2. The van der Waals surface area contributed by atoms with Gasteiger partial charge in [-0.2, -0.15) is 0 Å². The van der Waals surface area contributed by atoms with Gasteiger partial charge in [-0.25, -0.2) is 9.69 Å². The monoisotopic (exact) mass is 280 g/mol. The molecule has 106 valence electrons. The minimum absolute atomic E-state index is 0.115. The van der Waals surface area contributed by atoms with Crippen LogP contribution >= 0.6 is 0 Å². The van der Waals surface area contributed by atoms with Crippen molar-refractivity contribution in [2.75, 3.05) is 11.4 Å². The number of urea groups is 1. The second kappa shape index (κ2) is 5.40. The van der Waals surface area contributed by atoms with Gasteiger partial charge in [0.25, 0.3) is 5.91 Å². The number of hydrogen-bond donors (Lipinski definition) is 0. The molecule has 4 heteroatoms. The minimum atomic E-state index is -0.262. The topological polar surface area (TPSA) is 40.6 Å². The molecule has 0 aliphatic carbocycles. The van der Waals surface area contributed by atoms with Crippen LogP contribution in [0.1, 0.15) is 18.5 Å². The zero-order valence-corrected chi connectivity index (χ0v) is 11.8. The highest BCUT2D eigenvalue weighted by Gasteiger charge is 2.39. The van der Waals surface area contributed by atoms with Crippen molar-refractivity contribution in [3.63, 3.8) is 0 Å². The predicted molar refractivity (Wildman–Crippen MR) is 80.9 cm³/mol. The second-order valence-electron chi connectivity index (χ2n) is 5.06. The van der Waals surface area contributed by atoms with Gasteiger partial charge in [0.2, 0.25) is 0 Å². The number of carbonyl (C=O) groups excluding carboxylic acids is 2. The molecule has 0 spiro atoms. The third-order valence-electron chi connectivity index (χ3n) is 3.76. The Morgan fingerprint density at radius 1 is 0.905 bits per heavy atom. The number of anilines is 1. The fourth-order valence-corrected chi connectivity index (χ4v) is 2.56. The lowest BCUT2D eigenvalue weighted by atomic mass is 10.1. The van der Waals surface area contributed by atoms with Gasteiger partial charge in [0.1, 0.15) is 6.54 Å². The Balaban J connectivity index is 1.87. The number of hydrogen-bond acceptors (Lipinski definition) is 2. The van der Waals surface area contributed by atoms with Crippen molar-refractivity contribution >= 4 is 17.6 Å². The molecule has 0 aromatic heterocycles. The molecule has 1 atom stereocenters. The van der Waals surface area contributed by atoms with E-state index in [1.165, 1.54) is 4.90 Å². The van der Waals surface area contributed by atoms with Crippen LogP contribution in [-0.2, 0) is 4.79 Å². The Kier molecular flexibility index (Phi) is 3.44. The summed E-state index contributed by atoms with van der Waals surface area (Å²) >= 11 is 0. The molecule has 1 heterocycles. The van der Waals surface area contributed by atoms with Crippen molar-refractivity contribution in [2.24, 2.45) is 0 Å². The Morgan fingerprint density at radius 3 is 2.10 bits per heavy atom. The smallest absolute Gasteiger partial charge is 0.308 e. The maximum atomic E-state index is 12.6. The van der Waals surface area contributed by atoms with Crippen LogP contribution in [0.25, 0.3) is 0 Å². The molecule has 1 aliphatic heterocycles. The van der Waals surface area contributed by atoms with E-state index in [0.717, 1.165) is 5.56 Å². The average molecular weight is 280 g/mol. The predicted octanol–water partition coefficient (Wildman–Crippen LogP) is 3.22. The van der Waals surface area contributed by atoms with Crippen LogP contribution in [0, 0.1) is 0 Å². The summed E-state index contributed by atoms with van der Waals surface area (Å²) in [6.45, 7) is 2.05. The fourth-order valence-electron chi connectivity index (χ4n) is 2.56. The van der Waals surface area contributed by atoms with E-state index in [4.69, 9.17) is 0 Å².